The second-order valence-corrected chi connectivity index (χ2v) is 3.45. The van der Waals surface area contributed by atoms with Gasteiger partial charge in [0.1, 0.15) is 17.5 Å². The number of aliphatic hydroxyl groups is 3. The molecule has 1 rings (SSSR count). The summed E-state index contributed by atoms with van der Waals surface area (Å²) in [7, 11) is 0. The van der Waals surface area contributed by atoms with Gasteiger partial charge in [-0.3, -0.25) is 0 Å². The van der Waals surface area contributed by atoms with Crippen LogP contribution < -0.4 is 0 Å². The third-order valence-electron chi connectivity index (χ3n) is 2.34. The predicted molar refractivity (Wildman–Crippen MR) is 50.3 cm³/mol. The zero-order valence-electron chi connectivity index (χ0n) is 7.77. The lowest BCUT2D eigenvalue weighted by molar-refractivity contribution is -0.0458. The Kier molecular flexibility index (Phi) is 3.12. The van der Waals surface area contributed by atoms with E-state index in [0.29, 0.717) is 6.42 Å². The molecule has 0 spiro atoms. The lowest BCUT2D eigenvalue weighted by Gasteiger charge is -2.31. The van der Waals surface area contributed by atoms with E-state index in [1.807, 2.05) is 6.92 Å². The van der Waals surface area contributed by atoms with E-state index in [1.54, 1.807) is 6.08 Å². The Morgan fingerprint density at radius 3 is 2.85 bits per heavy atom. The van der Waals surface area contributed by atoms with Crippen molar-refractivity contribution in [1.82, 2.24) is 0 Å². The molecule has 0 saturated heterocycles. The van der Waals surface area contributed by atoms with E-state index in [2.05, 4.69) is 0 Å². The smallest absolute Gasteiger partial charge is 0.143 e. The number of hydrogen-bond donors (Lipinski definition) is 3. The number of rotatable bonds is 3. The van der Waals surface area contributed by atoms with Gasteiger partial charge in [-0.25, -0.2) is 0 Å². The van der Waals surface area contributed by atoms with E-state index in [-0.39, 0.29) is 5.76 Å². The van der Waals surface area contributed by atoms with E-state index in [1.165, 1.54) is 12.2 Å². The molecule has 1 aliphatic rings. The molecule has 0 aliphatic heterocycles. The second-order valence-electron chi connectivity index (χ2n) is 3.45. The first kappa shape index (κ1) is 10.3. The average Bonchev–Trinajstić information content (AvgIpc) is 2.11. The van der Waals surface area contributed by atoms with Crippen molar-refractivity contribution in [1.29, 1.82) is 0 Å². The van der Waals surface area contributed by atoms with Crippen molar-refractivity contribution in [2.45, 2.75) is 37.9 Å². The van der Waals surface area contributed by atoms with Crippen LogP contribution in [-0.4, -0.2) is 27.0 Å². The van der Waals surface area contributed by atoms with Crippen LogP contribution in [0.5, 0.6) is 0 Å². The summed E-state index contributed by atoms with van der Waals surface area (Å²) in [5.41, 5.74) is -1.28. The molecule has 0 fully saturated rings. The summed E-state index contributed by atoms with van der Waals surface area (Å²) in [5.74, 6) is -0.166. The second kappa shape index (κ2) is 3.94. The third-order valence-corrected chi connectivity index (χ3v) is 2.34. The van der Waals surface area contributed by atoms with Crippen LogP contribution in [-0.2, 0) is 0 Å². The SMILES string of the molecule is CCCCC1(O)C=CC=C(O)C1O. The minimum absolute atomic E-state index is 0.166. The summed E-state index contributed by atoms with van der Waals surface area (Å²) >= 11 is 0. The Bertz CT molecular complexity index is 232. The normalized spacial score (nSPS) is 33.2. The Morgan fingerprint density at radius 2 is 2.23 bits per heavy atom. The maximum absolute atomic E-state index is 9.90. The molecule has 0 radical (unpaired) electrons. The van der Waals surface area contributed by atoms with Gasteiger partial charge < -0.3 is 15.3 Å². The Morgan fingerprint density at radius 1 is 1.54 bits per heavy atom. The molecule has 3 heteroatoms. The van der Waals surface area contributed by atoms with Gasteiger partial charge in [0.25, 0.3) is 0 Å². The van der Waals surface area contributed by atoms with Gasteiger partial charge in [-0.2, -0.15) is 0 Å². The molecule has 0 aromatic carbocycles. The molecule has 0 saturated carbocycles. The molecule has 3 nitrogen and oxygen atoms in total. The van der Waals surface area contributed by atoms with Crippen molar-refractivity contribution < 1.29 is 15.3 Å². The van der Waals surface area contributed by atoms with E-state index in [4.69, 9.17) is 0 Å². The number of allylic oxidation sites excluding steroid dienone is 2. The fourth-order valence-corrected chi connectivity index (χ4v) is 1.43. The minimum atomic E-state index is -1.28. The summed E-state index contributed by atoms with van der Waals surface area (Å²) in [6.45, 7) is 2.01. The minimum Gasteiger partial charge on any atom is -0.509 e. The molecule has 2 atom stereocenters. The molecule has 1 aliphatic carbocycles. The van der Waals surface area contributed by atoms with Gasteiger partial charge in [0.05, 0.1) is 0 Å². The highest BCUT2D eigenvalue weighted by Crippen LogP contribution is 2.27. The number of unbranched alkanes of at least 4 members (excludes halogenated alkanes) is 1. The summed E-state index contributed by atoms with van der Waals surface area (Å²) in [4.78, 5) is 0. The van der Waals surface area contributed by atoms with Gasteiger partial charge in [0.2, 0.25) is 0 Å². The largest absolute Gasteiger partial charge is 0.509 e. The maximum Gasteiger partial charge on any atom is 0.143 e. The van der Waals surface area contributed by atoms with Crippen molar-refractivity contribution in [2.75, 3.05) is 0 Å². The van der Waals surface area contributed by atoms with Crippen LogP contribution in [0.3, 0.4) is 0 Å². The Labute approximate surface area is 78.0 Å². The fourth-order valence-electron chi connectivity index (χ4n) is 1.43. The van der Waals surface area contributed by atoms with Crippen molar-refractivity contribution in [2.24, 2.45) is 0 Å². The monoisotopic (exact) mass is 184 g/mol. The Balaban J connectivity index is 2.68. The van der Waals surface area contributed by atoms with Gasteiger partial charge >= 0.3 is 0 Å². The van der Waals surface area contributed by atoms with Crippen LogP contribution in [0.2, 0.25) is 0 Å². The zero-order valence-corrected chi connectivity index (χ0v) is 7.77. The lowest BCUT2D eigenvalue weighted by atomic mass is 9.86. The van der Waals surface area contributed by atoms with Crippen LogP contribution in [0.1, 0.15) is 26.2 Å². The molecule has 0 bridgehead atoms. The zero-order chi connectivity index (χ0) is 9.90. The van der Waals surface area contributed by atoms with Crippen LogP contribution in [0.15, 0.2) is 24.0 Å². The molecule has 13 heavy (non-hydrogen) atoms. The van der Waals surface area contributed by atoms with Crippen molar-refractivity contribution in [3.8, 4) is 0 Å². The van der Waals surface area contributed by atoms with Crippen LogP contribution in [0.25, 0.3) is 0 Å². The van der Waals surface area contributed by atoms with E-state index >= 15 is 0 Å². The molecule has 0 heterocycles. The molecule has 2 unspecified atom stereocenters. The molecule has 74 valence electrons. The van der Waals surface area contributed by atoms with Gasteiger partial charge in [0.15, 0.2) is 0 Å². The average molecular weight is 184 g/mol. The van der Waals surface area contributed by atoms with E-state index in [0.717, 1.165) is 12.8 Å². The first-order chi connectivity index (χ1) is 6.10. The highest BCUT2D eigenvalue weighted by Gasteiger charge is 2.36. The van der Waals surface area contributed by atoms with Crippen LogP contribution in [0, 0.1) is 0 Å². The van der Waals surface area contributed by atoms with Crippen molar-refractivity contribution in [3.05, 3.63) is 24.0 Å². The van der Waals surface area contributed by atoms with E-state index < -0.39 is 11.7 Å². The predicted octanol–water partition coefficient (Wildman–Crippen LogP) is 1.28. The summed E-state index contributed by atoms with van der Waals surface area (Å²) in [6.07, 6.45) is 5.57. The molecular formula is C10H16O3. The maximum atomic E-state index is 9.90. The van der Waals surface area contributed by atoms with Crippen LogP contribution >= 0.6 is 0 Å². The summed E-state index contributed by atoms with van der Waals surface area (Å²) in [6, 6.07) is 0. The van der Waals surface area contributed by atoms with Gasteiger partial charge in [0, 0.05) is 0 Å². The lowest BCUT2D eigenvalue weighted by Crippen LogP contribution is -2.43. The topological polar surface area (TPSA) is 60.7 Å². The molecular weight excluding hydrogens is 168 g/mol. The highest BCUT2D eigenvalue weighted by molar-refractivity contribution is 5.25. The fraction of sp³-hybridized carbons (Fsp3) is 0.600. The molecule has 0 amide bonds. The van der Waals surface area contributed by atoms with Gasteiger partial charge in [-0.1, -0.05) is 25.8 Å². The molecule has 3 N–H and O–H groups in total. The standard InChI is InChI=1S/C10H16O3/c1-2-3-6-10(13)7-4-5-8(11)9(10)12/h4-5,7,9,11-13H,2-3,6H2,1H3. The first-order valence-corrected chi connectivity index (χ1v) is 4.59. The highest BCUT2D eigenvalue weighted by atomic mass is 16.4. The Hall–Kier alpha value is -0.800. The number of hydrogen-bond acceptors (Lipinski definition) is 3. The summed E-state index contributed by atoms with van der Waals surface area (Å²) in [5, 5.41) is 28.6. The quantitative estimate of drug-likeness (QED) is 0.619. The number of aliphatic hydroxyl groups excluding tert-OH is 2. The van der Waals surface area contributed by atoms with Gasteiger partial charge in [-0.05, 0) is 18.6 Å². The van der Waals surface area contributed by atoms with Crippen LogP contribution in [0.4, 0.5) is 0 Å². The van der Waals surface area contributed by atoms with Gasteiger partial charge in [-0.15, -0.1) is 0 Å². The van der Waals surface area contributed by atoms with Crippen molar-refractivity contribution in [3.63, 3.8) is 0 Å². The third kappa shape index (κ3) is 2.11. The molecule has 0 aromatic heterocycles. The summed E-state index contributed by atoms with van der Waals surface area (Å²) < 4.78 is 0. The first-order valence-electron chi connectivity index (χ1n) is 4.59. The van der Waals surface area contributed by atoms with Crippen molar-refractivity contribution >= 4 is 0 Å². The molecule has 0 aromatic rings. The van der Waals surface area contributed by atoms with E-state index in [9.17, 15) is 15.3 Å².